The summed E-state index contributed by atoms with van der Waals surface area (Å²) in [4.78, 5) is 0. The lowest BCUT2D eigenvalue weighted by Gasteiger charge is -2.16. The first-order valence-corrected chi connectivity index (χ1v) is 7.25. The third-order valence-corrected chi connectivity index (χ3v) is 4.61. The molecule has 0 radical (unpaired) electrons. The van der Waals surface area contributed by atoms with E-state index < -0.39 is 32.8 Å². The Morgan fingerprint density at radius 3 is 2.40 bits per heavy atom. The molecule has 0 saturated carbocycles. The van der Waals surface area contributed by atoms with Gasteiger partial charge < -0.3 is 5.73 Å². The smallest absolute Gasteiger partial charge is 0.329 e. The predicted molar refractivity (Wildman–Crippen MR) is 67.1 cm³/mol. The van der Waals surface area contributed by atoms with Crippen molar-refractivity contribution in [3.63, 3.8) is 0 Å². The number of hydrogen-bond donors (Lipinski definition) is 2. The summed E-state index contributed by atoms with van der Waals surface area (Å²) in [5.41, 5.74) is 3.40. The van der Waals surface area contributed by atoms with Gasteiger partial charge in [0.25, 0.3) is 0 Å². The highest BCUT2D eigenvalue weighted by Gasteiger charge is 2.34. The normalized spacial score (nSPS) is 14.1. The Balaban J connectivity index is 3.12. The van der Waals surface area contributed by atoms with Gasteiger partial charge in [0.2, 0.25) is 10.0 Å². The summed E-state index contributed by atoms with van der Waals surface area (Å²) in [6.45, 7) is 1.42. The van der Waals surface area contributed by atoms with Crippen molar-refractivity contribution in [2.45, 2.75) is 24.8 Å². The van der Waals surface area contributed by atoms with E-state index in [2.05, 4.69) is 0 Å². The average Bonchev–Trinajstić information content (AvgIpc) is 2.31. The first-order chi connectivity index (χ1) is 9.11. The fraction of sp³-hybridized carbons (Fsp3) is 0.455. The molecule has 4 nitrogen and oxygen atoms in total. The van der Waals surface area contributed by atoms with Crippen molar-refractivity contribution in [2.24, 2.45) is 5.73 Å². The number of halogens is 4. The number of alkyl halides is 3. The summed E-state index contributed by atoms with van der Waals surface area (Å²) in [7, 11) is -3.92. The molecule has 9 heteroatoms. The topological polar surface area (TPSA) is 72.2 Å². The average molecular weight is 314 g/mol. The first-order valence-electron chi connectivity index (χ1n) is 5.70. The maximum Gasteiger partial charge on any atom is 0.419 e. The molecule has 1 aromatic rings. The monoisotopic (exact) mass is 314 g/mol. The lowest BCUT2D eigenvalue weighted by atomic mass is 10.2. The second-order valence-corrected chi connectivity index (χ2v) is 6.07. The molecule has 3 N–H and O–H groups in total. The van der Waals surface area contributed by atoms with Gasteiger partial charge >= 0.3 is 6.18 Å². The van der Waals surface area contributed by atoms with E-state index in [0.717, 1.165) is 6.07 Å². The molecule has 0 bridgehead atoms. The van der Waals surface area contributed by atoms with E-state index in [-0.39, 0.29) is 18.7 Å². The fourth-order valence-electron chi connectivity index (χ4n) is 1.57. The van der Waals surface area contributed by atoms with Crippen LogP contribution in [-0.4, -0.2) is 20.2 Å². The first kappa shape index (κ1) is 16.7. The fourth-order valence-corrected chi connectivity index (χ4v) is 2.88. The SMILES string of the molecule is CCC(CN)S(=O)(=O)Nc1ccc(F)c(C(F)(F)F)c1. The Kier molecular flexibility index (Phi) is 4.98. The van der Waals surface area contributed by atoms with Crippen molar-refractivity contribution in [3.8, 4) is 0 Å². The number of sulfonamides is 1. The summed E-state index contributed by atoms with van der Waals surface area (Å²) in [6, 6.07) is 1.89. The molecule has 0 heterocycles. The van der Waals surface area contributed by atoms with Crippen molar-refractivity contribution in [2.75, 3.05) is 11.3 Å². The third kappa shape index (κ3) is 3.83. The molecule has 1 unspecified atom stereocenters. The largest absolute Gasteiger partial charge is 0.419 e. The van der Waals surface area contributed by atoms with Gasteiger partial charge in [0.1, 0.15) is 5.82 Å². The molecule has 0 fully saturated rings. The minimum atomic E-state index is -4.90. The Labute approximate surface area is 114 Å². The quantitative estimate of drug-likeness (QED) is 0.819. The number of anilines is 1. The molecule has 0 saturated heterocycles. The van der Waals surface area contributed by atoms with Gasteiger partial charge in [0.05, 0.1) is 10.8 Å². The van der Waals surface area contributed by atoms with Crippen LogP contribution in [0.2, 0.25) is 0 Å². The molecule has 114 valence electrons. The highest BCUT2D eigenvalue weighted by atomic mass is 32.2. The number of nitrogens with two attached hydrogens (primary N) is 1. The summed E-state index contributed by atoms with van der Waals surface area (Å²) < 4.78 is 76.3. The standard InChI is InChI=1S/C11H14F4N2O2S/c1-2-8(6-16)20(18,19)17-7-3-4-10(12)9(5-7)11(13,14)15/h3-5,8,17H,2,6,16H2,1H3. The van der Waals surface area contributed by atoms with Gasteiger partial charge in [0, 0.05) is 12.2 Å². The minimum absolute atomic E-state index is 0.168. The van der Waals surface area contributed by atoms with Crippen molar-refractivity contribution in [3.05, 3.63) is 29.6 Å². The molecule has 0 spiro atoms. The van der Waals surface area contributed by atoms with Crippen LogP contribution in [0.25, 0.3) is 0 Å². The Morgan fingerprint density at radius 1 is 1.35 bits per heavy atom. The third-order valence-electron chi connectivity index (χ3n) is 2.69. The van der Waals surface area contributed by atoms with Crippen LogP contribution < -0.4 is 10.5 Å². The van der Waals surface area contributed by atoms with E-state index in [1.165, 1.54) is 0 Å². The molecule has 0 aliphatic rings. The zero-order valence-corrected chi connectivity index (χ0v) is 11.4. The van der Waals surface area contributed by atoms with E-state index in [1.54, 1.807) is 6.92 Å². The molecular weight excluding hydrogens is 300 g/mol. The van der Waals surface area contributed by atoms with Gasteiger partial charge in [-0.25, -0.2) is 12.8 Å². The van der Waals surface area contributed by atoms with Crippen LogP contribution in [0.15, 0.2) is 18.2 Å². The van der Waals surface area contributed by atoms with Gasteiger partial charge in [-0.15, -0.1) is 0 Å². The van der Waals surface area contributed by atoms with Crippen molar-refractivity contribution in [1.29, 1.82) is 0 Å². The summed E-state index contributed by atoms with van der Waals surface area (Å²) in [5, 5.41) is -0.929. The van der Waals surface area contributed by atoms with Crippen LogP contribution in [0, 0.1) is 5.82 Å². The van der Waals surface area contributed by atoms with Crippen LogP contribution in [0.4, 0.5) is 23.2 Å². The van der Waals surface area contributed by atoms with Gasteiger partial charge in [-0.2, -0.15) is 13.2 Å². The molecule has 20 heavy (non-hydrogen) atoms. The summed E-state index contributed by atoms with van der Waals surface area (Å²) in [6.07, 6.45) is -4.69. The zero-order chi connectivity index (χ0) is 15.6. The number of nitrogens with one attached hydrogen (secondary N) is 1. The molecule has 0 amide bonds. The number of hydrogen-bond acceptors (Lipinski definition) is 3. The van der Waals surface area contributed by atoms with Gasteiger partial charge in [-0.1, -0.05) is 6.92 Å². The molecule has 1 aromatic carbocycles. The second-order valence-electron chi connectivity index (χ2n) is 4.11. The van der Waals surface area contributed by atoms with Crippen LogP contribution >= 0.6 is 0 Å². The Morgan fingerprint density at radius 2 is 1.95 bits per heavy atom. The van der Waals surface area contributed by atoms with Gasteiger partial charge in [-0.3, -0.25) is 4.72 Å². The highest BCUT2D eigenvalue weighted by molar-refractivity contribution is 7.93. The van der Waals surface area contributed by atoms with Crippen LogP contribution in [0.3, 0.4) is 0 Å². The molecule has 1 atom stereocenters. The highest BCUT2D eigenvalue weighted by Crippen LogP contribution is 2.33. The second kappa shape index (κ2) is 5.96. The van der Waals surface area contributed by atoms with E-state index in [0.29, 0.717) is 12.1 Å². The number of rotatable bonds is 5. The van der Waals surface area contributed by atoms with E-state index in [9.17, 15) is 26.0 Å². The van der Waals surface area contributed by atoms with Crippen molar-refractivity contribution >= 4 is 15.7 Å². The summed E-state index contributed by atoms with van der Waals surface area (Å²) in [5.74, 6) is -1.47. The van der Waals surface area contributed by atoms with E-state index >= 15 is 0 Å². The molecular formula is C11H14F4N2O2S. The van der Waals surface area contributed by atoms with Crippen molar-refractivity contribution < 1.29 is 26.0 Å². The lowest BCUT2D eigenvalue weighted by Crippen LogP contribution is -2.33. The maximum absolute atomic E-state index is 13.1. The number of benzene rings is 1. The van der Waals surface area contributed by atoms with Crippen LogP contribution in [-0.2, 0) is 16.2 Å². The van der Waals surface area contributed by atoms with E-state index in [1.807, 2.05) is 4.72 Å². The Bertz CT molecular complexity index is 568. The van der Waals surface area contributed by atoms with Gasteiger partial charge in [0.15, 0.2) is 0 Å². The maximum atomic E-state index is 13.1. The Hall–Kier alpha value is -1.35. The minimum Gasteiger partial charge on any atom is -0.329 e. The predicted octanol–water partition coefficient (Wildman–Crippen LogP) is 2.32. The molecule has 0 aromatic heterocycles. The van der Waals surface area contributed by atoms with Crippen LogP contribution in [0.1, 0.15) is 18.9 Å². The molecule has 0 aliphatic heterocycles. The molecule has 0 aliphatic carbocycles. The van der Waals surface area contributed by atoms with Gasteiger partial charge in [-0.05, 0) is 24.6 Å². The van der Waals surface area contributed by atoms with Crippen LogP contribution in [0.5, 0.6) is 0 Å². The summed E-state index contributed by atoms with van der Waals surface area (Å²) >= 11 is 0. The zero-order valence-electron chi connectivity index (χ0n) is 10.5. The van der Waals surface area contributed by atoms with Crippen molar-refractivity contribution in [1.82, 2.24) is 0 Å². The van der Waals surface area contributed by atoms with E-state index in [4.69, 9.17) is 5.73 Å². The lowest BCUT2D eigenvalue weighted by molar-refractivity contribution is -0.139. The molecule has 1 rings (SSSR count).